The zero-order chi connectivity index (χ0) is 18.6. The third-order valence-corrected chi connectivity index (χ3v) is 5.16. The standard InChI is InChI=1S/C21H18N4OS/c1-15(16-9-11-22-12-10-16)23-21(26)19-14-18(20-8-5-13-27-20)24-25(19)17-6-3-2-4-7-17/h2-15H,1H3,(H,23,26)/t15-/m1/s1. The summed E-state index contributed by atoms with van der Waals surface area (Å²) >= 11 is 1.60. The van der Waals surface area contributed by atoms with Crippen molar-refractivity contribution in [2.24, 2.45) is 0 Å². The first-order chi connectivity index (χ1) is 13.2. The van der Waals surface area contributed by atoms with Gasteiger partial charge in [-0.1, -0.05) is 24.3 Å². The van der Waals surface area contributed by atoms with Gasteiger partial charge in [0, 0.05) is 12.4 Å². The highest BCUT2D eigenvalue weighted by Crippen LogP contribution is 2.26. The third-order valence-electron chi connectivity index (χ3n) is 4.27. The first-order valence-corrected chi connectivity index (χ1v) is 9.50. The van der Waals surface area contributed by atoms with Crippen molar-refractivity contribution in [2.75, 3.05) is 0 Å². The number of benzene rings is 1. The molecule has 4 rings (SSSR count). The second kappa shape index (κ2) is 7.55. The van der Waals surface area contributed by atoms with E-state index >= 15 is 0 Å². The van der Waals surface area contributed by atoms with Crippen LogP contribution in [0.2, 0.25) is 0 Å². The number of amides is 1. The van der Waals surface area contributed by atoms with Gasteiger partial charge in [-0.3, -0.25) is 9.78 Å². The molecule has 1 amide bonds. The molecule has 6 heteroatoms. The van der Waals surface area contributed by atoms with E-state index in [1.165, 1.54) is 0 Å². The number of nitrogens with zero attached hydrogens (tertiary/aromatic N) is 3. The molecule has 3 aromatic heterocycles. The Morgan fingerprint density at radius 2 is 1.85 bits per heavy atom. The molecule has 0 fully saturated rings. The molecule has 0 aliphatic carbocycles. The van der Waals surface area contributed by atoms with E-state index in [0.717, 1.165) is 21.8 Å². The minimum Gasteiger partial charge on any atom is -0.344 e. The van der Waals surface area contributed by atoms with Crippen LogP contribution in [0.15, 0.2) is 78.4 Å². The molecule has 0 bridgehead atoms. The number of para-hydroxylation sites is 1. The summed E-state index contributed by atoms with van der Waals surface area (Å²) in [5.41, 5.74) is 3.14. The number of pyridine rings is 1. The van der Waals surface area contributed by atoms with Crippen molar-refractivity contribution >= 4 is 17.2 Å². The van der Waals surface area contributed by atoms with E-state index in [-0.39, 0.29) is 11.9 Å². The van der Waals surface area contributed by atoms with Crippen LogP contribution >= 0.6 is 11.3 Å². The highest BCUT2D eigenvalue weighted by molar-refractivity contribution is 7.13. The van der Waals surface area contributed by atoms with E-state index in [1.807, 2.05) is 73.0 Å². The molecule has 4 aromatic rings. The van der Waals surface area contributed by atoms with Gasteiger partial charge in [0.1, 0.15) is 11.4 Å². The molecule has 5 nitrogen and oxygen atoms in total. The number of aromatic nitrogens is 3. The number of thiophene rings is 1. The van der Waals surface area contributed by atoms with Gasteiger partial charge in [-0.05, 0) is 54.3 Å². The Morgan fingerprint density at radius 1 is 1.07 bits per heavy atom. The van der Waals surface area contributed by atoms with E-state index in [4.69, 9.17) is 0 Å². The Labute approximate surface area is 161 Å². The molecule has 0 aliphatic heterocycles. The van der Waals surface area contributed by atoms with Crippen LogP contribution in [0.3, 0.4) is 0 Å². The molecule has 27 heavy (non-hydrogen) atoms. The molecule has 1 N–H and O–H groups in total. The average molecular weight is 374 g/mol. The predicted octanol–water partition coefficient (Wildman–Crippen LogP) is 4.49. The van der Waals surface area contributed by atoms with Gasteiger partial charge in [0.15, 0.2) is 0 Å². The van der Waals surface area contributed by atoms with Crippen molar-refractivity contribution in [3.05, 3.63) is 89.7 Å². The molecular formula is C21H18N4OS. The molecule has 0 saturated carbocycles. The summed E-state index contributed by atoms with van der Waals surface area (Å²) in [6.45, 7) is 1.96. The summed E-state index contributed by atoms with van der Waals surface area (Å²) in [4.78, 5) is 18.1. The van der Waals surface area contributed by atoms with E-state index < -0.39 is 0 Å². The summed E-state index contributed by atoms with van der Waals surface area (Å²) in [5.74, 6) is -0.168. The SMILES string of the molecule is C[C@@H](NC(=O)c1cc(-c2cccs2)nn1-c1ccccc1)c1ccncc1. The van der Waals surface area contributed by atoms with Gasteiger partial charge in [-0.25, -0.2) is 4.68 Å². The van der Waals surface area contributed by atoms with Gasteiger partial charge in [0.05, 0.1) is 16.6 Å². The van der Waals surface area contributed by atoms with E-state index in [2.05, 4.69) is 15.4 Å². The molecule has 0 radical (unpaired) electrons. The number of carbonyl (C=O) groups is 1. The van der Waals surface area contributed by atoms with Crippen LogP contribution in [0.5, 0.6) is 0 Å². The molecule has 0 aliphatic rings. The first-order valence-electron chi connectivity index (χ1n) is 8.62. The molecule has 0 saturated heterocycles. The second-order valence-electron chi connectivity index (χ2n) is 6.12. The van der Waals surface area contributed by atoms with E-state index in [0.29, 0.717) is 5.69 Å². The normalized spacial score (nSPS) is 11.9. The molecule has 0 unspecified atom stereocenters. The van der Waals surface area contributed by atoms with Crippen LogP contribution in [-0.2, 0) is 0 Å². The van der Waals surface area contributed by atoms with Gasteiger partial charge >= 0.3 is 0 Å². The fourth-order valence-corrected chi connectivity index (χ4v) is 3.54. The number of rotatable bonds is 5. The molecule has 0 spiro atoms. The molecule has 3 heterocycles. The van der Waals surface area contributed by atoms with Gasteiger partial charge < -0.3 is 5.32 Å². The maximum Gasteiger partial charge on any atom is 0.270 e. The highest BCUT2D eigenvalue weighted by Gasteiger charge is 2.20. The van der Waals surface area contributed by atoms with Gasteiger partial charge in [0.2, 0.25) is 0 Å². The first kappa shape index (κ1) is 17.2. The third kappa shape index (κ3) is 3.66. The van der Waals surface area contributed by atoms with Gasteiger partial charge in [-0.15, -0.1) is 11.3 Å². The summed E-state index contributed by atoms with van der Waals surface area (Å²) < 4.78 is 1.70. The maximum absolute atomic E-state index is 13.0. The summed E-state index contributed by atoms with van der Waals surface area (Å²) in [6.07, 6.45) is 3.45. The van der Waals surface area contributed by atoms with Crippen molar-refractivity contribution in [1.29, 1.82) is 0 Å². The monoisotopic (exact) mass is 374 g/mol. The van der Waals surface area contributed by atoms with Crippen LogP contribution in [0.4, 0.5) is 0 Å². The van der Waals surface area contributed by atoms with E-state index in [9.17, 15) is 4.79 Å². The lowest BCUT2D eigenvalue weighted by Gasteiger charge is -2.14. The smallest absolute Gasteiger partial charge is 0.270 e. The van der Waals surface area contributed by atoms with Crippen LogP contribution < -0.4 is 5.32 Å². The minimum atomic E-state index is -0.168. The minimum absolute atomic E-state index is 0.134. The Hall–Kier alpha value is -3.25. The second-order valence-corrected chi connectivity index (χ2v) is 7.06. The fourth-order valence-electron chi connectivity index (χ4n) is 2.86. The van der Waals surface area contributed by atoms with Crippen molar-refractivity contribution in [1.82, 2.24) is 20.1 Å². The predicted molar refractivity (Wildman–Crippen MR) is 107 cm³/mol. The topological polar surface area (TPSA) is 59.8 Å². The highest BCUT2D eigenvalue weighted by atomic mass is 32.1. The summed E-state index contributed by atoms with van der Waals surface area (Å²) in [6, 6.07) is 19.2. The fraction of sp³-hybridized carbons (Fsp3) is 0.0952. The van der Waals surface area contributed by atoms with Crippen molar-refractivity contribution in [3.63, 3.8) is 0 Å². The van der Waals surface area contributed by atoms with Crippen LogP contribution in [-0.4, -0.2) is 20.7 Å². The van der Waals surface area contributed by atoms with Crippen molar-refractivity contribution in [3.8, 4) is 16.3 Å². The quantitative estimate of drug-likeness (QED) is 0.560. The summed E-state index contributed by atoms with van der Waals surface area (Å²) in [7, 11) is 0. The van der Waals surface area contributed by atoms with E-state index in [1.54, 1.807) is 28.4 Å². The lowest BCUT2D eigenvalue weighted by molar-refractivity contribution is 0.0932. The summed E-state index contributed by atoms with van der Waals surface area (Å²) in [5, 5.41) is 9.74. The zero-order valence-electron chi connectivity index (χ0n) is 14.7. The molecule has 1 atom stereocenters. The molecule has 1 aromatic carbocycles. The number of hydrogen-bond acceptors (Lipinski definition) is 4. The molecule has 134 valence electrons. The van der Waals surface area contributed by atoms with Crippen molar-refractivity contribution < 1.29 is 4.79 Å². The largest absolute Gasteiger partial charge is 0.344 e. The lowest BCUT2D eigenvalue weighted by Crippen LogP contribution is -2.28. The van der Waals surface area contributed by atoms with Crippen LogP contribution in [0.1, 0.15) is 29.0 Å². The number of carbonyl (C=O) groups excluding carboxylic acids is 1. The number of nitrogens with one attached hydrogen (secondary N) is 1. The number of hydrogen-bond donors (Lipinski definition) is 1. The Balaban J connectivity index is 1.69. The van der Waals surface area contributed by atoms with Gasteiger partial charge in [0.25, 0.3) is 5.91 Å². The zero-order valence-corrected chi connectivity index (χ0v) is 15.6. The van der Waals surface area contributed by atoms with Crippen LogP contribution in [0.25, 0.3) is 16.3 Å². The van der Waals surface area contributed by atoms with Crippen molar-refractivity contribution in [2.45, 2.75) is 13.0 Å². The average Bonchev–Trinajstić information content (AvgIpc) is 3.39. The van der Waals surface area contributed by atoms with Crippen LogP contribution in [0, 0.1) is 0 Å². The molecular weight excluding hydrogens is 356 g/mol. The Morgan fingerprint density at radius 3 is 2.56 bits per heavy atom. The van der Waals surface area contributed by atoms with Gasteiger partial charge in [-0.2, -0.15) is 5.10 Å². The lowest BCUT2D eigenvalue weighted by atomic mass is 10.1. The Kier molecular flexibility index (Phi) is 4.80. The maximum atomic E-state index is 13.0. The Bertz CT molecular complexity index is 1030.